The summed E-state index contributed by atoms with van der Waals surface area (Å²) in [6, 6.07) is 0. The van der Waals surface area contributed by atoms with Gasteiger partial charge >= 0.3 is 0 Å². The van der Waals surface area contributed by atoms with Crippen molar-refractivity contribution in [1.29, 1.82) is 0 Å². The first kappa shape index (κ1) is 13.8. The molecular formula is C14H23N5. The van der Waals surface area contributed by atoms with Crippen LogP contribution in [-0.2, 0) is 26.6 Å². The molecule has 0 aliphatic heterocycles. The molecule has 5 nitrogen and oxygen atoms in total. The lowest BCUT2D eigenvalue weighted by atomic mass is 10.1. The van der Waals surface area contributed by atoms with E-state index in [0.717, 1.165) is 25.3 Å². The lowest BCUT2D eigenvalue weighted by molar-refractivity contribution is 0.411. The molecule has 0 amide bonds. The van der Waals surface area contributed by atoms with Crippen molar-refractivity contribution in [3.05, 3.63) is 36.2 Å². The minimum atomic E-state index is 0.111. The van der Waals surface area contributed by atoms with Crippen LogP contribution in [0.1, 0.15) is 32.2 Å². The second kappa shape index (κ2) is 5.57. The van der Waals surface area contributed by atoms with Gasteiger partial charge in [-0.3, -0.25) is 4.68 Å². The van der Waals surface area contributed by atoms with Crippen molar-refractivity contribution in [2.45, 2.75) is 45.8 Å². The number of rotatable bonds is 5. The van der Waals surface area contributed by atoms with Gasteiger partial charge in [-0.2, -0.15) is 5.10 Å². The molecule has 0 spiro atoms. The first-order chi connectivity index (χ1) is 8.94. The van der Waals surface area contributed by atoms with Gasteiger partial charge in [0.2, 0.25) is 0 Å². The van der Waals surface area contributed by atoms with E-state index in [1.54, 1.807) is 0 Å². The third kappa shape index (κ3) is 4.21. The van der Waals surface area contributed by atoms with Crippen LogP contribution < -0.4 is 5.32 Å². The van der Waals surface area contributed by atoms with E-state index in [4.69, 9.17) is 0 Å². The van der Waals surface area contributed by atoms with Gasteiger partial charge in [-0.15, -0.1) is 0 Å². The fourth-order valence-electron chi connectivity index (χ4n) is 1.91. The van der Waals surface area contributed by atoms with Crippen LogP contribution in [0.15, 0.2) is 24.8 Å². The minimum Gasteiger partial charge on any atom is -0.334 e. The predicted molar refractivity (Wildman–Crippen MR) is 75.7 cm³/mol. The Morgan fingerprint density at radius 3 is 2.74 bits per heavy atom. The molecule has 19 heavy (non-hydrogen) atoms. The molecule has 0 aromatic carbocycles. The van der Waals surface area contributed by atoms with Crippen LogP contribution >= 0.6 is 0 Å². The summed E-state index contributed by atoms with van der Waals surface area (Å²) >= 11 is 0. The second-order valence-corrected chi connectivity index (χ2v) is 5.91. The number of aromatic nitrogens is 4. The quantitative estimate of drug-likeness (QED) is 0.892. The Hall–Kier alpha value is -1.62. The molecule has 0 bridgehead atoms. The van der Waals surface area contributed by atoms with E-state index in [2.05, 4.69) is 46.9 Å². The van der Waals surface area contributed by atoms with E-state index < -0.39 is 0 Å². The van der Waals surface area contributed by atoms with Gasteiger partial charge in [-0.25, -0.2) is 4.98 Å². The fourth-order valence-corrected chi connectivity index (χ4v) is 1.91. The summed E-state index contributed by atoms with van der Waals surface area (Å²) in [6.45, 7) is 8.22. The van der Waals surface area contributed by atoms with E-state index in [9.17, 15) is 0 Å². The molecule has 0 atom stereocenters. The Morgan fingerprint density at radius 2 is 2.11 bits per heavy atom. The third-order valence-corrected chi connectivity index (χ3v) is 2.98. The molecule has 2 rings (SSSR count). The zero-order chi connectivity index (χ0) is 13.9. The summed E-state index contributed by atoms with van der Waals surface area (Å²) in [7, 11) is 1.94. The Labute approximate surface area is 114 Å². The van der Waals surface area contributed by atoms with Crippen LogP contribution in [0, 0.1) is 0 Å². The highest BCUT2D eigenvalue weighted by Gasteiger charge is 2.11. The Kier molecular flexibility index (Phi) is 4.04. The fraction of sp³-hybridized carbons (Fsp3) is 0.571. The molecule has 2 aromatic rings. The van der Waals surface area contributed by atoms with E-state index in [1.807, 2.05) is 30.3 Å². The van der Waals surface area contributed by atoms with Gasteiger partial charge < -0.3 is 9.88 Å². The largest absolute Gasteiger partial charge is 0.334 e. The smallest absolute Gasteiger partial charge is 0.122 e. The van der Waals surface area contributed by atoms with Crippen LogP contribution in [0.5, 0.6) is 0 Å². The highest BCUT2D eigenvalue weighted by atomic mass is 15.2. The predicted octanol–water partition coefficient (Wildman–Crippen LogP) is 1.75. The van der Waals surface area contributed by atoms with Gasteiger partial charge in [0, 0.05) is 37.7 Å². The Balaban J connectivity index is 1.92. The maximum atomic E-state index is 4.42. The summed E-state index contributed by atoms with van der Waals surface area (Å²) in [6.07, 6.45) is 8.86. The number of imidazole rings is 1. The molecule has 2 heterocycles. The van der Waals surface area contributed by atoms with Crippen LogP contribution in [-0.4, -0.2) is 24.9 Å². The van der Waals surface area contributed by atoms with Crippen molar-refractivity contribution in [3.63, 3.8) is 0 Å². The first-order valence-electron chi connectivity index (χ1n) is 6.66. The van der Waals surface area contributed by atoms with Crippen LogP contribution in [0.25, 0.3) is 0 Å². The maximum Gasteiger partial charge on any atom is 0.122 e. The van der Waals surface area contributed by atoms with Gasteiger partial charge in [0.05, 0.1) is 12.7 Å². The molecule has 0 aliphatic rings. The average Bonchev–Trinajstić information content (AvgIpc) is 2.91. The van der Waals surface area contributed by atoms with Crippen molar-refractivity contribution < 1.29 is 0 Å². The van der Waals surface area contributed by atoms with Gasteiger partial charge in [0.1, 0.15) is 5.82 Å². The van der Waals surface area contributed by atoms with Crippen molar-refractivity contribution >= 4 is 0 Å². The Morgan fingerprint density at radius 1 is 1.32 bits per heavy atom. The van der Waals surface area contributed by atoms with E-state index >= 15 is 0 Å². The molecule has 0 fully saturated rings. The number of nitrogens with zero attached hydrogens (tertiary/aromatic N) is 4. The van der Waals surface area contributed by atoms with Crippen molar-refractivity contribution in [1.82, 2.24) is 24.6 Å². The molecule has 1 N–H and O–H groups in total. The van der Waals surface area contributed by atoms with Crippen LogP contribution in [0.3, 0.4) is 0 Å². The average molecular weight is 261 g/mol. The standard InChI is InChI=1S/C14H23N5/c1-14(2,3)16-10-13-15-6-8-19(13)7-5-12-9-17-18(4)11-12/h6,8-9,11,16H,5,7,10H2,1-4H3. The summed E-state index contributed by atoms with van der Waals surface area (Å²) in [5.41, 5.74) is 1.37. The van der Waals surface area contributed by atoms with Gasteiger partial charge in [-0.1, -0.05) is 0 Å². The lowest BCUT2D eigenvalue weighted by Crippen LogP contribution is -2.36. The monoisotopic (exact) mass is 261 g/mol. The number of hydrogen-bond donors (Lipinski definition) is 1. The topological polar surface area (TPSA) is 47.7 Å². The SMILES string of the molecule is Cn1cc(CCn2ccnc2CNC(C)(C)C)cn1. The number of aryl methyl sites for hydroxylation is 3. The molecule has 104 valence electrons. The molecule has 0 unspecified atom stereocenters. The van der Waals surface area contributed by atoms with E-state index in [0.29, 0.717) is 0 Å². The molecule has 2 aromatic heterocycles. The number of nitrogens with one attached hydrogen (secondary N) is 1. The van der Waals surface area contributed by atoms with Crippen molar-refractivity contribution in [2.75, 3.05) is 0 Å². The Bertz CT molecular complexity index is 518. The highest BCUT2D eigenvalue weighted by Crippen LogP contribution is 2.06. The summed E-state index contributed by atoms with van der Waals surface area (Å²) in [5, 5.41) is 7.65. The normalized spacial score (nSPS) is 12.0. The molecule has 0 aliphatic carbocycles. The molecule has 5 heteroatoms. The third-order valence-electron chi connectivity index (χ3n) is 2.98. The van der Waals surface area contributed by atoms with E-state index in [-0.39, 0.29) is 5.54 Å². The summed E-state index contributed by atoms with van der Waals surface area (Å²) < 4.78 is 4.04. The van der Waals surface area contributed by atoms with Gasteiger partial charge in [0.15, 0.2) is 0 Å². The van der Waals surface area contributed by atoms with Gasteiger partial charge in [0.25, 0.3) is 0 Å². The first-order valence-corrected chi connectivity index (χ1v) is 6.66. The summed E-state index contributed by atoms with van der Waals surface area (Å²) in [5.74, 6) is 1.08. The minimum absolute atomic E-state index is 0.111. The number of hydrogen-bond acceptors (Lipinski definition) is 3. The molecular weight excluding hydrogens is 238 g/mol. The van der Waals surface area contributed by atoms with E-state index in [1.165, 1.54) is 5.56 Å². The lowest BCUT2D eigenvalue weighted by Gasteiger charge is -2.20. The van der Waals surface area contributed by atoms with Crippen LogP contribution in [0.2, 0.25) is 0 Å². The van der Waals surface area contributed by atoms with Gasteiger partial charge in [-0.05, 0) is 32.8 Å². The second-order valence-electron chi connectivity index (χ2n) is 5.91. The molecule has 0 saturated heterocycles. The zero-order valence-corrected chi connectivity index (χ0v) is 12.2. The van der Waals surface area contributed by atoms with Crippen molar-refractivity contribution in [2.24, 2.45) is 7.05 Å². The van der Waals surface area contributed by atoms with Crippen molar-refractivity contribution in [3.8, 4) is 0 Å². The molecule has 0 saturated carbocycles. The maximum absolute atomic E-state index is 4.42. The van der Waals surface area contributed by atoms with Crippen LogP contribution in [0.4, 0.5) is 0 Å². The zero-order valence-electron chi connectivity index (χ0n) is 12.2. The molecule has 0 radical (unpaired) electrons. The highest BCUT2D eigenvalue weighted by molar-refractivity contribution is 5.04. The summed E-state index contributed by atoms with van der Waals surface area (Å²) in [4.78, 5) is 4.42.